The summed E-state index contributed by atoms with van der Waals surface area (Å²) in [6, 6.07) is 7.59. The van der Waals surface area contributed by atoms with Crippen LogP contribution in [-0.4, -0.2) is 33.4 Å². The molecule has 22 heavy (non-hydrogen) atoms. The Hall–Kier alpha value is -2.14. The van der Waals surface area contributed by atoms with E-state index in [1.54, 1.807) is 12.1 Å². The largest absolute Gasteiger partial charge is 0.366 e. The van der Waals surface area contributed by atoms with Crippen LogP contribution in [0.5, 0.6) is 0 Å². The minimum absolute atomic E-state index is 0.376. The average molecular weight is 298 g/mol. The first-order valence-corrected chi connectivity index (χ1v) is 7.72. The molecule has 1 amide bonds. The maximum absolute atomic E-state index is 11.1. The zero-order chi connectivity index (χ0) is 15.5. The first-order chi connectivity index (χ1) is 10.6. The van der Waals surface area contributed by atoms with Gasteiger partial charge < -0.3 is 10.3 Å². The van der Waals surface area contributed by atoms with Gasteiger partial charge >= 0.3 is 0 Å². The number of primary amides is 1. The minimum atomic E-state index is -0.376. The first-order valence-electron chi connectivity index (χ1n) is 7.72. The van der Waals surface area contributed by atoms with E-state index in [0.29, 0.717) is 11.5 Å². The number of imidazole rings is 1. The summed E-state index contributed by atoms with van der Waals surface area (Å²) in [5, 5.41) is 0. The molecule has 1 aromatic heterocycles. The number of rotatable bonds is 4. The molecule has 0 aliphatic carbocycles. The van der Waals surface area contributed by atoms with Crippen LogP contribution in [0.4, 0.5) is 0 Å². The second kappa shape index (κ2) is 6.32. The third-order valence-electron chi connectivity index (χ3n) is 4.37. The molecule has 0 saturated carbocycles. The van der Waals surface area contributed by atoms with Crippen molar-refractivity contribution in [2.24, 2.45) is 12.8 Å². The van der Waals surface area contributed by atoms with Crippen molar-refractivity contribution < 1.29 is 4.79 Å². The van der Waals surface area contributed by atoms with Gasteiger partial charge in [0, 0.05) is 44.0 Å². The van der Waals surface area contributed by atoms with Crippen molar-refractivity contribution >= 4 is 5.91 Å². The average Bonchev–Trinajstić information content (AvgIpc) is 2.94. The van der Waals surface area contributed by atoms with Gasteiger partial charge in [-0.3, -0.25) is 9.69 Å². The maximum atomic E-state index is 11.1. The molecule has 0 bridgehead atoms. The fourth-order valence-electron chi connectivity index (χ4n) is 3.21. The standard InChI is InChI=1S/C17H22N4O/c1-20-10-8-19-17(20)15-3-2-9-21(12-15)11-13-4-6-14(7-5-13)16(18)22/h4-8,10,15H,2-3,9,11-12H2,1H3,(H2,18,22). The van der Waals surface area contributed by atoms with Crippen molar-refractivity contribution in [3.63, 3.8) is 0 Å². The Labute approximate surface area is 130 Å². The number of likely N-dealkylation sites (tertiary alicyclic amines) is 1. The lowest BCUT2D eigenvalue weighted by Crippen LogP contribution is -2.34. The van der Waals surface area contributed by atoms with Crippen LogP contribution in [0.3, 0.4) is 0 Å². The van der Waals surface area contributed by atoms with Gasteiger partial charge in [0.2, 0.25) is 5.91 Å². The van der Waals surface area contributed by atoms with E-state index in [1.807, 2.05) is 24.5 Å². The molecule has 1 unspecified atom stereocenters. The number of aryl methyl sites for hydroxylation is 1. The highest BCUT2D eigenvalue weighted by Gasteiger charge is 2.23. The molecule has 5 heteroatoms. The molecule has 3 rings (SSSR count). The third-order valence-corrected chi connectivity index (χ3v) is 4.37. The number of aromatic nitrogens is 2. The van der Waals surface area contributed by atoms with Crippen molar-refractivity contribution in [2.45, 2.75) is 25.3 Å². The van der Waals surface area contributed by atoms with Crippen molar-refractivity contribution in [2.75, 3.05) is 13.1 Å². The highest BCUT2D eigenvalue weighted by atomic mass is 16.1. The van der Waals surface area contributed by atoms with Crippen LogP contribution in [0.2, 0.25) is 0 Å². The van der Waals surface area contributed by atoms with E-state index in [1.165, 1.54) is 24.2 Å². The van der Waals surface area contributed by atoms with Gasteiger partial charge in [-0.25, -0.2) is 4.98 Å². The predicted octanol–water partition coefficient (Wildman–Crippen LogP) is 1.90. The summed E-state index contributed by atoms with van der Waals surface area (Å²) in [5.74, 6) is 1.30. The highest BCUT2D eigenvalue weighted by Crippen LogP contribution is 2.26. The zero-order valence-corrected chi connectivity index (χ0v) is 12.9. The molecule has 1 fully saturated rings. The van der Waals surface area contributed by atoms with Crippen LogP contribution in [0.25, 0.3) is 0 Å². The molecule has 1 aliphatic heterocycles. The summed E-state index contributed by atoms with van der Waals surface area (Å²) < 4.78 is 2.12. The third kappa shape index (κ3) is 3.20. The van der Waals surface area contributed by atoms with E-state index in [9.17, 15) is 4.79 Å². The zero-order valence-electron chi connectivity index (χ0n) is 12.9. The molecule has 1 aliphatic rings. The Morgan fingerprint density at radius 2 is 2.14 bits per heavy atom. The van der Waals surface area contributed by atoms with E-state index >= 15 is 0 Å². The summed E-state index contributed by atoms with van der Waals surface area (Å²) in [5.41, 5.74) is 7.05. The van der Waals surface area contributed by atoms with E-state index in [4.69, 9.17) is 5.73 Å². The van der Waals surface area contributed by atoms with Gasteiger partial charge in [0.25, 0.3) is 0 Å². The number of piperidine rings is 1. The Kier molecular flexibility index (Phi) is 4.24. The van der Waals surface area contributed by atoms with Crippen molar-refractivity contribution in [1.82, 2.24) is 14.5 Å². The van der Waals surface area contributed by atoms with Gasteiger partial charge in [-0.15, -0.1) is 0 Å². The number of hydrogen-bond donors (Lipinski definition) is 1. The lowest BCUT2D eigenvalue weighted by Gasteiger charge is -2.32. The van der Waals surface area contributed by atoms with Gasteiger partial charge in [-0.2, -0.15) is 0 Å². The van der Waals surface area contributed by atoms with Gasteiger partial charge in [0.15, 0.2) is 0 Å². The van der Waals surface area contributed by atoms with E-state index in [0.717, 1.165) is 19.6 Å². The van der Waals surface area contributed by atoms with E-state index in [2.05, 4.69) is 21.5 Å². The Morgan fingerprint density at radius 3 is 2.77 bits per heavy atom. The van der Waals surface area contributed by atoms with Gasteiger partial charge in [0.1, 0.15) is 5.82 Å². The van der Waals surface area contributed by atoms with Crippen molar-refractivity contribution in [1.29, 1.82) is 0 Å². The SMILES string of the molecule is Cn1ccnc1C1CCCN(Cc2ccc(C(N)=O)cc2)C1. The van der Waals surface area contributed by atoms with E-state index < -0.39 is 0 Å². The fraction of sp³-hybridized carbons (Fsp3) is 0.412. The monoisotopic (exact) mass is 298 g/mol. The number of amides is 1. The number of carbonyl (C=O) groups excluding carboxylic acids is 1. The Morgan fingerprint density at radius 1 is 1.36 bits per heavy atom. The summed E-state index contributed by atoms with van der Waals surface area (Å²) in [6.07, 6.45) is 6.27. The van der Waals surface area contributed by atoms with Crippen LogP contribution in [0.1, 0.15) is 40.5 Å². The van der Waals surface area contributed by atoms with E-state index in [-0.39, 0.29) is 5.91 Å². The molecule has 2 aromatic rings. The molecule has 1 saturated heterocycles. The highest BCUT2D eigenvalue weighted by molar-refractivity contribution is 5.92. The van der Waals surface area contributed by atoms with Crippen molar-refractivity contribution in [3.05, 3.63) is 53.6 Å². The molecule has 0 spiro atoms. The predicted molar refractivity (Wildman–Crippen MR) is 85.4 cm³/mol. The number of nitrogens with zero attached hydrogens (tertiary/aromatic N) is 3. The normalized spacial score (nSPS) is 19.2. The number of carbonyl (C=O) groups is 1. The molecule has 2 heterocycles. The Bertz CT molecular complexity index is 647. The van der Waals surface area contributed by atoms with Crippen molar-refractivity contribution in [3.8, 4) is 0 Å². The summed E-state index contributed by atoms with van der Waals surface area (Å²) in [4.78, 5) is 18.1. The molecule has 2 N–H and O–H groups in total. The molecule has 116 valence electrons. The molecular formula is C17H22N4O. The first kappa shape index (κ1) is 14.8. The second-order valence-electron chi connectivity index (χ2n) is 6.03. The summed E-state index contributed by atoms with van der Waals surface area (Å²) >= 11 is 0. The summed E-state index contributed by atoms with van der Waals surface area (Å²) in [6.45, 7) is 3.04. The van der Waals surface area contributed by atoms with Gasteiger partial charge in [0.05, 0.1) is 0 Å². The van der Waals surface area contributed by atoms with Crippen LogP contribution >= 0.6 is 0 Å². The fourth-order valence-corrected chi connectivity index (χ4v) is 3.21. The van der Waals surface area contributed by atoms with Gasteiger partial charge in [-0.05, 0) is 37.1 Å². The van der Waals surface area contributed by atoms with Crippen LogP contribution in [0.15, 0.2) is 36.7 Å². The topological polar surface area (TPSA) is 64.2 Å². The van der Waals surface area contributed by atoms with Crippen LogP contribution in [-0.2, 0) is 13.6 Å². The van der Waals surface area contributed by atoms with Crippen LogP contribution in [0, 0.1) is 0 Å². The smallest absolute Gasteiger partial charge is 0.248 e. The lowest BCUT2D eigenvalue weighted by atomic mass is 9.96. The minimum Gasteiger partial charge on any atom is -0.366 e. The Balaban J connectivity index is 1.65. The quantitative estimate of drug-likeness (QED) is 0.937. The number of nitrogens with two attached hydrogens (primary N) is 1. The van der Waals surface area contributed by atoms with Crippen LogP contribution < -0.4 is 5.73 Å². The molecule has 1 aromatic carbocycles. The maximum Gasteiger partial charge on any atom is 0.248 e. The lowest BCUT2D eigenvalue weighted by molar-refractivity contribution is 0.100. The number of benzene rings is 1. The molecular weight excluding hydrogens is 276 g/mol. The molecule has 1 atom stereocenters. The summed E-state index contributed by atoms with van der Waals surface area (Å²) in [7, 11) is 2.06. The number of hydrogen-bond acceptors (Lipinski definition) is 3. The molecule has 0 radical (unpaired) electrons. The second-order valence-corrected chi connectivity index (χ2v) is 6.03. The van der Waals surface area contributed by atoms with Gasteiger partial charge in [-0.1, -0.05) is 12.1 Å². The molecule has 5 nitrogen and oxygen atoms in total.